The number of hydrogen-bond acceptors (Lipinski definition) is 2. The van der Waals surface area contributed by atoms with E-state index in [1.807, 2.05) is 4.90 Å². The van der Waals surface area contributed by atoms with Crippen molar-refractivity contribution in [2.45, 2.75) is 25.8 Å². The molecule has 1 fully saturated rings. The summed E-state index contributed by atoms with van der Waals surface area (Å²) in [5.41, 5.74) is 5.61. The fourth-order valence-electron chi connectivity index (χ4n) is 2.13. The van der Waals surface area contributed by atoms with Crippen LogP contribution in [0.15, 0.2) is 24.5 Å². The Labute approximate surface area is 106 Å². The van der Waals surface area contributed by atoms with E-state index < -0.39 is 5.91 Å². The number of hydrogen-bond donors (Lipinski definition) is 1. The van der Waals surface area contributed by atoms with E-state index in [1.165, 1.54) is 6.42 Å². The first-order valence-corrected chi connectivity index (χ1v) is 6.23. The Balaban J connectivity index is 1.96. The molecule has 0 spiro atoms. The summed E-state index contributed by atoms with van der Waals surface area (Å²) in [4.78, 5) is 24.8. The molecule has 1 aromatic heterocycles. The van der Waals surface area contributed by atoms with Gasteiger partial charge in [0.05, 0.1) is 5.56 Å². The van der Waals surface area contributed by atoms with Crippen molar-refractivity contribution in [2.75, 3.05) is 13.1 Å². The Bertz CT molecular complexity index is 436. The van der Waals surface area contributed by atoms with Gasteiger partial charge in [0.25, 0.3) is 5.91 Å². The monoisotopic (exact) mass is 248 g/mol. The first-order chi connectivity index (χ1) is 8.66. The van der Waals surface area contributed by atoms with E-state index in [4.69, 9.17) is 5.73 Å². The van der Waals surface area contributed by atoms with Gasteiger partial charge in [0.1, 0.15) is 0 Å². The summed E-state index contributed by atoms with van der Waals surface area (Å²) in [6.45, 7) is 2.04. The smallest absolute Gasteiger partial charge is 0.288 e. The number of likely N-dealkylation sites (tertiary alicyclic amines) is 1. The molecule has 2 N–H and O–H groups in total. The Morgan fingerprint density at radius 3 is 2.33 bits per heavy atom. The van der Waals surface area contributed by atoms with Crippen LogP contribution in [0.2, 0.25) is 0 Å². The second-order valence-corrected chi connectivity index (χ2v) is 4.56. The number of primary amides is 1. The third-order valence-corrected chi connectivity index (χ3v) is 3.20. The third kappa shape index (κ3) is 3.06. The highest BCUT2D eigenvalue weighted by Crippen LogP contribution is 2.08. The van der Waals surface area contributed by atoms with Crippen molar-refractivity contribution < 1.29 is 14.2 Å². The molecular formula is C13H18N3O2+. The molecule has 2 rings (SSSR count). The molecule has 1 saturated heterocycles. The Kier molecular flexibility index (Phi) is 3.92. The standard InChI is InChI=1S/C13H17N3O2/c14-13(18)11-4-8-15(9-5-11)10-12(17)16-6-2-1-3-7-16/h4-5,8-9H,1-3,6-7,10H2,(H-,14,18)/p+1. The van der Waals surface area contributed by atoms with Crippen LogP contribution >= 0.6 is 0 Å². The van der Waals surface area contributed by atoms with Gasteiger partial charge in [-0.25, -0.2) is 0 Å². The lowest BCUT2D eigenvalue weighted by atomic mass is 10.1. The van der Waals surface area contributed by atoms with E-state index in [2.05, 4.69) is 0 Å². The zero-order valence-corrected chi connectivity index (χ0v) is 10.3. The van der Waals surface area contributed by atoms with Crippen molar-refractivity contribution in [1.29, 1.82) is 0 Å². The van der Waals surface area contributed by atoms with Gasteiger partial charge in [0.2, 0.25) is 12.5 Å². The highest BCUT2D eigenvalue weighted by Gasteiger charge is 2.19. The largest absolute Gasteiger partial charge is 0.366 e. The van der Waals surface area contributed by atoms with Crippen molar-refractivity contribution in [1.82, 2.24) is 4.90 Å². The Morgan fingerprint density at radius 2 is 1.78 bits per heavy atom. The summed E-state index contributed by atoms with van der Waals surface area (Å²) in [6.07, 6.45) is 6.82. The predicted molar refractivity (Wildman–Crippen MR) is 65.6 cm³/mol. The molecule has 0 unspecified atom stereocenters. The lowest BCUT2D eigenvalue weighted by Crippen LogP contribution is -2.46. The van der Waals surface area contributed by atoms with E-state index in [1.54, 1.807) is 29.1 Å². The van der Waals surface area contributed by atoms with E-state index >= 15 is 0 Å². The van der Waals surface area contributed by atoms with Gasteiger partial charge >= 0.3 is 0 Å². The van der Waals surface area contributed by atoms with Gasteiger partial charge in [-0.1, -0.05) is 0 Å². The van der Waals surface area contributed by atoms with Crippen molar-refractivity contribution >= 4 is 11.8 Å². The molecule has 0 saturated carbocycles. The maximum atomic E-state index is 12.0. The molecule has 96 valence electrons. The van der Waals surface area contributed by atoms with Gasteiger partial charge in [-0.05, 0) is 19.3 Å². The second-order valence-electron chi connectivity index (χ2n) is 4.56. The highest BCUT2D eigenvalue weighted by molar-refractivity contribution is 5.92. The summed E-state index contributed by atoms with van der Waals surface area (Å²) in [6, 6.07) is 3.26. The SMILES string of the molecule is NC(=O)c1cc[n+](CC(=O)N2CCCCC2)cc1. The van der Waals surface area contributed by atoms with Crippen LogP contribution < -0.4 is 10.3 Å². The van der Waals surface area contributed by atoms with Gasteiger partial charge in [0.15, 0.2) is 12.4 Å². The second kappa shape index (κ2) is 5.62. The molecule has 1 aliphatic heterocycles. The molecule has 1 aliphatic rings. The van der Waals surface area contributed by atoms with Crippen LogP contribution in [0, 0.1) is 0 Å². The molecular weight excluding hydrogens is 230 g/mol. The van der Waals surface area contributed by atoms with Crippen molar-refractivity contribution in [2.24, 2.45) is 5.73 Å². The van der Waals surface area contributed by atoms with E-state index in [0.717, 1.165) is 25.9 Å². The molecule has 0 radical (unpaired) electrons. The Hall–Kier alpha value is -1.91. The number of rotatable bonds is 3. The molecule has 1 aromatic rings. The first-order valence-electron chi connectivity index (χ1n) is 6.23. The quantitative estimate of drug-likeness (QED) is 0.770. The molecule has 18 heavy (non-hydrogen) atoms. The number of nitrogens with zero attached hydrogens (tertiary/aromatic N) is 2. The van der Waals surface area contributed by atoms with Crippen LogP contribution in [0.25, 0.3) is 0 Å². The zero-order valence-electron chi connectivity index (χ0n) is 10.3. The average Bonchev–Trinajstić information content (AvgIpc) is 2.40. The van der Waals surface area contributed by atoms with Crippen molar-refractivity contribution in [3.05, 3.63) is 30.1 Å². The maximum absolute atomic E-state index is 12.0. The average molecular weight is 248 g/mol. The third-order valence-electron chi connectivity index (χ3n) is 3.20. The van der Waals surface area contributed by atoms with Gasteiger partial charge in [0, 0.05) is 25.2 Å². The first kappa shape index (κ1) is 12.5. The van der Waals surface area contributed by atoms with Gasteiger partial charge < -0.3 is 10.6 Å². The summed E-state index contributed by atoms with van der Waals surface area (Å²) in [5, 5.41) is 0. The van der Waals surface area contributed by atoms with Crippen LogP contribution in [0.1, 0.15) is 29.6 Å². The van der Waals surface area contributed by atoms with Crippen LogP contribution in [0.4, 0.5) is 0 Å². The number of amides is 2. The molecule has 2 heterocycles. The maximum Gasteiger partial charge on any atom is 0.288 e. The van der Waals surface area contributed by atoms with Crippen LogP contribution in [0.3, 0.4) is 0 Å². The zero-order chi connectivity index (χ0) is 13.0. The van der Waals surface area contributed by atoms with Gasteiger partial charge in [-0.2, -0.15) is 4.57 Å². The topological polar surface area (TPSA) is 67.3 Å². The Morgan fingerprint density at radius 1 is 1.17 bits per heavy atom. The lowest BCUT2D eigenvalue weighted by Gasteiger charge is -2.25. The minimum absolute atomic E-state index is 0.131. The fraction of sp³-hybridized carbons (Fsp3) is 0.462. The molecule has 5 heteroatoms. The number of nitrogens with two attached hydrogens (primary N) is 1. The van der Waals surface area contributed by atoms with E-state index in [9.17, 15) is 9.59 Å². The summed E-state index contributed by atoms with van der Waals surface area (Å²) < 4.78 is 1.77. The molecule has 0 aliphatic carbocycles. The normalized spacial score (nSPS) is 15.4. The lowest BCUT2D eigenvalue weighted by molar-refractivity contribution is -0.685. The summed E-state index contributed by atoms with van der Waals surface area (Å²) >= 11 is 0. The van der Waals surface area contributed by atoms with E-state index in [0.29, 0.717) is 12.1 Å². The van der Waals surface area contributed by atoms with Crippen LogP contribution in [0.5, 0.6) is 0 Å². The number of carbonyl (C=O) groups excluding carboxylic acids is 2. The molecule has 5 nitrogen and oxygen atoms in total. The predicted octanol–water partition coefficient (Wildman–Crippen LogP) is 0.0855. The number of pyridine rings is 1. The molecule has 0 bridgehead atoms. The van der Waals surface area contributed by atoms with E-state index in [-0.39, 0.29) is 5.91 Å². The summed E-state index contributed by atoms with van der Waals surface area (Å²) in [7, 11) is 0. The van der Waals surface area contributed by atoms with Gasteiger partial charge in [-0.15, -0.1) is 0 Å². The van der Waals surface area contributed by atoms with Gasteiger partial charge in [-0.3, -0.25) is 9.59 Å². The summed E-state index contributed by atoms with van der Waals surface area (Å²) in [5.74, 6) is -0.323. The molecule has 2 amide bonds. The van der Waals surface area contributed by atoms with Crippen molar-refractivity contribution in [3.8, 4) is 0 Å². The molecule has 0 atom stereocenters. The van der Waals surface area contributed by atoms with Crippen LogP contribution in [-0.2, 0) is 11.3 Å². The van der Waals surface area contributed by atoms with Crippen molar-refractivity contribution in [3.63, 3.8) is 0 Å². The number of carbonyl (C=O) groups is 2. The fourth-order valence-corrected chi connectivity index (χ4v) is 2.13. The highest BCUT2D eigenvalue weighted by atomic mass is 16.2. The minimum Gasteiger partial charge on any atom is -0.366 e. The number of piperidine rings is 1. The number of aromatic nitrogens is 1. The minimum atomic E-state index is -0.454. The van der Waals surface area contributed by atoms with Crippen LogP contribution in [-0.4, -0.2) is 29.8 Å². The molecule has 0 aromatic carbocycles.